The summed E-state index contributed by atoms with van der Waals surface area (Å²) in [6.45, 7) is 6.37. The molecular formula is C18H24N2O2S. The molecule has 1 heterocycles. The summed E-state index contributed by atoms with van der Waals surface area (Å²) in [5, 5.41) is 5.98. The molecule has 1 saturated carbocycles. The quantitative estimate of drug-likeness (QED) is 0.869. The van der Waals surface area contributed by atoms with Gasteiger partial charge in [-0.1, -0.05) is 26.7 Å². The molecular weight excluding hydrogens is 308 g/mol. The molecule has 4 atom stereocenters. The second-order valence-electron chi connectivity index (χ2n) is 6.81. The van der Waals surface area contributed by atoms with E-state index in [1.54, 1.807) is 6.07 Å². The molecule has 2 amide bonds. The first-order valence-electron chi connectivity index (χ1n) is 8.38. The number of carbonyl (C=O) groups excluding carboxylic acids is 2. The van der Waals surface area contributed by atoms with Crippen molar-refractivity contribution in [3.8, 4) is 0 Å². The fourth-order valence-electron chi connectivity index (χ4n) is 3.39. The molecule has 0 radical (unpaired) electrons. The van der Waals surface area contributed by atoms with Gasteiger partial charge in [0.2, 0.25) is 5.91 Å². The van der Waals surface area contributed by atoms with Crippen LogP contribution < -0.4 is 10.6 Å². The minimum Gasteiger partial charge on any atom is -0.349 e. The number of amides is 2. The number of anilines is 1. The summed E-state index contributed by atoms with van der Waals surface area (Å²) >= 11 is 1.53. The van der Waals surface area contributed by atoms with E-state index in [0.717, 1.165) is 17.0 Å². The summed E-state index contributed by atoms with van der Waals surface area (Å²) in [5.41, 5.74) is 1.36. The van der Waals surface area contributed by atoms with Crippen molar-refractivity contribution in [3.05, 3.63) is 23.8 Å². The van der Waals surface area contributed by atoms with Crippen LogP contribution in [0.5, 0.6) is 0 Å². The molecule has 1 aromatic rings. The van der Waals surface area contributed by atoms with Crippen molar-refractivity contribution >= 4 is 29.3 Å². The zero-order chi connectivity index (χ0) is 16.6. The molecule has 2 aliphatic rings. The fourth-order valence-corrected chi connectivity index (χ4v) is 4.32. The van der Waals surface area contributed by atoms with Gasteiger partial charge in [0, 0.05) is 16.5 Å². The SMILES string of the molecule is CC1Sc2ccc(C(=O)NC3CCCC(C)C3C)cc2NC1=O. The van der Waals surface area contributed by atoms with Crippen LogP contribution in [0, 0.1) is 11.8 Å². The molecule has 0 bridgehead atoms. The molecule has 4 unspecified atom stereocenters. The summed E-state index contributed by atoms with van der Waals surface area (Å²) in [6, 6.07) is 5.81. The lowest BCUT2D eigenvalue weighted by Gasteiger charge is -2.34. The van der Waals surface area contributed by atoms with Crippen molar-refractivity contribution in [2.24, 2.45) is 11.8 Å². The lowest BCUT2D eigenvalue weighted by molar-refractivity contribution is -0.115. The Labute approximate surface area is 141 Å². The van der Waals surface area contributed by atoms with Gasteiger partial charge in [-0.3, -0.25) is 9.59 Å². The van der Waals surface area contributed by atoms with Gasteiger partial charge in [-0.15, -0.1) is 11.8 Å². The van der Waals surface area contributed by atoms with Crippen LogP contribution in [0.1, 0.15) is 50.4 Å². The summed E-state index contributed by atoms with van der Waals surface area (Å²) in [4.78, 5) is 25.4. The van der Waals surface area contributed by atoms with Crippen molar-refractivity contribution in [2.75, 3.05) is 5.32 Å². The number of nitrogens with one attached hydrogen (secondary N) is 2. The molecule has 4 nitrogen and oxygen atoms in total. The first kappa shape index (κ1) is 16.4. The molecule has 124 valence electrons. The van der Waals surface area contributed by atoms with Crippen LogP contribution in [0.4, 0.5) is 5.69 Å². The molecule has 1 aliphatic carbocycles. The lowest BCUT2D eigenvalue weighted by atomic mass is 9.78. The molecule has 0 spiro atoms. The largest absolute Gasteiger partial charge is 0.349 e. The van der Waals surface area contributed by atoms with Crippen molar-refractivity contribution in [3.63, 3.8) is 0 Å². The standard InChI is InChI=1S/C18H24N2O2S/c1-10-5-4-6-14(11(10)2)19-18(22)13-7-8-16-15(9-13)20-17(21)12(3)23-16/h7-12,14H,4-6H2,1-3H3,(H,19,22)(H,20,21). The Morgan fingerprint density at radius 1 is 1.26 bits per heavy atom. The normalized spacial score (nSPS) is 30.3. The highest BCUT2D eigenvalue weighted by atomic mass is 32.2. The summed E-state index contributed by atoms with van der Waals surface area (Å²) in [7, 11) is 0. The van der Waals surface area contributed by atoms with Gasteiger partial charge in [-0.05, 0) is 43.4 Å². The fraction of sp³-hybridized carbons (Fsp3) is 0.556. The van der Waals surface area contributed by atoms with Gasteiger partial charge in [0.05, 0.1) is 10.9 Å². The van der Waals surface area contributed by atoms with E-state index in [0.29, 0.717) is 17.4 Å². The first-order valence-corrected chi connectivity index (χ1v) is 9.26. The molecule has 23 heavy (non-hydrogen) atoms. The van der Waals surface area contributed by atoms with Crippen molar-refractivity contribution in [2.45, 2.75) is 56.2 Å². The third-order valence-electron chi connectivity index (χ3n) is 5.20. The molecule has 0 aromatic heterocycles. The third-order valence-corrected chi connectivity index (χ3v) is 6.37. The maximum atomic E-state index is 12.6. The number of carbonyl (C=O) groups is 2. The van der Waals surface area contributed by atoms with E-state index in [9.17, 15) is 9.59 Å². The van der Waals surface area contributed by atoms with E-state index >= 15 is 0 Å². The Morgan fingerprint density at radius 3 is 2.83 bits per heavy atom. The van der Waals surface area contributed by atoms with Gasteiger partial charge in [0.1, 0.15) is 0 Å². The van der Waals surface area contributed by atoms with Crippen LogP contribution in [0.3, 0.4) is 0 Å². The van der Waals surface area contributed by atoms with Crippen LogP contribution in [0.25, 0.3) is 0 Å². The predicted octanol–water partition coefficient (Wildman–Crippen LogP) is 3.67. The molecule has 2 N–H and O–H groups in total. The Hall–Kier alpha value is -1.49. The number of benzene rings is 1. The van der Waals surface area contributed by atoms with Crippen molar-refractivity contribution < 1.29 is 9.59 Å². The maximum Gasteiger partial charge on any atom is 0.251 e. The van der Waals surface area contributed by atoms with E-state index < -0.39 is 0 Å². The molecule has 1 fully saturated rings. The maximum absolute atomic E-state index is 12.6. The third kappa shape index (κ3) is 3.39. The highest BCUT2D eigenvalue weighted by Crippen LogP contribution is 2.36. The van der Waals surface area contributed by atoms with E-state index in [2.05, 4.69) is 24.5 Å². The Morgan fingerprint density at radius 2 is 2.04 bits per heavy atom. The zero-order valence-corrected chi connectivity index (χ0v) is 14.7. The topological polar surface area (TPSA) is 58.2 Å². The summed E-state index contributed by atoms with van der Waals surface area (Å²) < 4.78 is 0. The van der Waals surface area contributed by atoms with Gasteiger partial charge < -0.3 is 10.6 Å². The summed E-state index contributed by atoms with van der Waals surface area (Å²) in [6.07, 6.45) is 3.46. The lowest BCUT2D eigenvalue weighted by Crippen LogP contribution is -2.43. The van der Waals surface area contributed by atoms with E-state index in [-0.39, 0.29) is 23.1 Å². The smallest absolute Gasteiger partial charge is 0.251 e. The van der Waals surface area contributed by atoms with Crippen LogP contribution >= 0.6 is 11.8 Å². The molecule has 3 rings (SSSR count). The Balaban J connectivity index is 1.73. The van der Waals surface area contributed by atoms with E-state index in [1.807, 2.05) is 19.1 Å². The van der Waals surface area contributed by atoms with E-state index in [4.69, 9.17) is 0 Å². The van der Waals surface area contributed by atoms with Gasteiger partial charge in [-0.2, -0.15) is 0 Å². The highest BCUT2D eigenvalue weighted by Gasteiger charge is 2.29. The molecule has 5 heteroatoms. The average molecular weight is 332 g/mol. The van der Waals surface area contributed by atoms with Gasteiger partial charge in [-0.25, -0.2) is 0 Å². The average Bonchev–Trinajstić information content (AvgIpc) is 2.52. The molecule has 1 aromatic carbocycles. The second kappa shape index (κ2) is 6.56. The number of thioether (sulfide) groups is 1. The Kier molecular flexibility index (Phi) is 4.67. The zero-order valence-electron chi connectivity index (χ0n) is 13.9. The molecule has 0 saturated heterocycles. The second-order valence-corrected chi connectivity index (χ2v) is 8.19. The Bertz CT molecular complexity index is 631. The van der Waals surface area contributed by atoms with Crippen LogP contribution in [-0.4, -0.2) is 23.1 Å². The van der Waals surface area contributed by atoms with Crippen LogP contribution in [-0.2, 0) is 4.79 Å². The highest BCUT2D eigenvalue weighted by molar-refractivity contribution is 8.00. The monoisotopic (exact) mass is 332 g/mol. The van der Waals surface area contributed by atoms with Gasteiger partial charge in [0.25, 0.3) is 5.91 Å². The molecule has 1 aliphatic heterocycles. The van der Waals surface area contributed by atoms with Gasteiger partial charge >= 0.3 is 0 Å². The number of hydrogen-bond acceptors (Lipinski definition) is 3. The van der Waals surface area contributed by atoms with Crippen molar-refractivity contribution in [1.29, 1.82) is 0 Å². The van der Waals surface area contributed by atoms with E-state index in [1.165, 1.54) is 24.6 Å². The predicted molar refractivity (Wildman–Crippen MR) is 93.8 cm³/mol. The number of hydrogen-bond donors (Lipinski definition) is 2. The van der Waals surface area contributed by atoms with Gasteiger partial charge in [0.15, 0.2) is 0 Å². The van der Waals surface area contributed by atoms with Crippen molar-refractivity contribution in [1.82, 2.24) is 5.32 Å². The minimum absolute atomic E-state index is 0.00483. The minimum atomic E-state index is -0.0910. The summed E-state index contributed by atoms with van der Waals surface area (Å²) in [5.74, 6) is 1.10. The van der Waals surface area contributed by atoms with Crippen LogP contribution in [0.15, 0.2) is 23.1 Å². The van der Waals surface area contributed by atoms with Crippen LogP contribution in [0.2, 0.25) is 0 Å². The number of fused-ring (bicyclic) bond motifs is 1. The first-order chi connectivity index (χ1) is 11.0. The number of rotatable bonds is 2.